The lowest BCUT2D eigenvalue weighted by atomic mass is 10.0. The van der Waals surface area contributed by atoms with Crippen LogP contribution in [0.3, 0.4) is 0 Å². The van der Waals surface area contributed by atoms with Gasteiger partial charge in [0, 0.05) is 44.1 Å². The van der Waals surface area contributed by atoms with Crippen molar-refractivity contribution in [2.24, 2.45) is 0 Å². The van der Waals surface area contributed by atoms with Gasteiger partial charge >= 0.3 is 5.97 Å². The van der Waals surface area contributed by atoms with E-state index in [9.17, 15) is 23.5 Å². The number of carboxylic acids is 1. The summed E-state index contributed by atoms with van der Waals surface area (Å²) in [4.78, 5) is 26.6. The van der Waals surface area contributed by atoms with Gasteiger partial charge in [-0.2, -0.15) is 5.10 Å². The molecule has 2 aliphatic rings. The smallest absolute Gasteiger partial charge is 0.305 e. The molecule has 0 spiro atoms. The lowest BCUT2D eigenvalue weighted by Gasteiger charge is -2.32. The average Bonchev–Trinajstić information content (AvgIpc) is 3.53. The highest BCUT2D eigenvalue weighted by molar-refractivity contribution is 5.94. The lowest BCUT2D eigenvalue weighted by Crippen LogP contribution is -2.43. The number of benzene rings is 1. The Kier molecular flexibility index (Phi) is 10.1. The van der Waals surface area contributed by atoms with Crippen LogP contribution >= 0.6 is 12.4 Å². The van der Waals surface area contributed by atoms with Crippen LogP contribution in [0, 0.1) is 0 Å². The summed E-state index contributed by atoms with van der Waals surface area (Å²) < 4.78 is 28.9. The van der Waals surface area contributed by atoms with E-state index in [0.717, 1.165) is 43.4 Å². The summed E-state index contributed by atoms with van der Waals surface area (Å²) >= 11 is 0. The number of rotatable bonds is 10. The zero-order valence-corrected chi connectivity index (χ0v) is 22.1. The Morgan fingerprint density at radius 1 is 1.19 bits per heavy atom. The van der Waals surface area contributed by atoms with E-state index in [-0.39, 0.29) is 56.5 Å². The second kappa shape index (κ2) is 12.8. The molecule has 37 heavy (non-hydrogen) atoms. The summed E-state index contributed by atoms with van der Waals surface area (Å²) in [5, 5.41) is 17.0. The Labute approximate surface area is 223 Å². The number of carboxylic acid groups (broad SMARTS) is 1. The molecule has 1 aliphatic carbocycles. The molecule has 0 radical (unpaired) electrons. The Morgan fingerprint density at radius 2 is 1.86 bits per heavy atom. The molecule has 1 saturated heterocycles. The number of likely N-dealkylation sites (tertiary alicyclic amines) is 1. The zero-order chi connectivity index (χ0) is 25.7. The molecule has 2 aromatic rings. The largest absolute Gasteiger partial charge is 0.481 e. The van der Waals surface area contributed by atoms with Crippen molar-refractivity contribution >= 4 is 24.3 Å². The number of hydrogen-bond acceptors (Lipinski definition) is 4. The predicted octanol–water partition coefficient (Wildman–Crippen LogP) is 5.34. The number of aromatic nitrogens is 2. The third kappa shape index (κ3) is 7.51. The van der Waals surface area contributed by atoms with Gasteiger partial charge in [-0.3, -0.25) is 14.3 Å². The first-order valence-electron chi connectivity index (χ1n) is 13.1. The molecule has 2 fully saturated rings. The van der Waals surface area contributed by atoms with Crippen molar-refractivity contribution in [3.63, 3.8) is 0 Å². The molecule has 0 unspecified atom stereocenters. The summed E-state index contributed by atoms with van der Waals surface area (Å²) in [5.74, 6) is -4.05. The topological polar surface area (TPSA) is 87.5 Å². The molecule has 4 rings (SSSR count). The fourth-order valence-corrected chi connectivity index (χ4v) is 5.35. The maximum atomic E-state index is 13.5. The van der Waals surface area contributed by atoms with Crippen molar-refractivity contribution < 1.29 is 23.5 Å². The van der Waals surface area contributed by atoms with Crippen molar-refractivity contribution in [2.75, 3.05) is 19.6 Å². The van der Waals surface area contributed by atoms with E-state index in [0.29, 0.717) is 13.0 Å². The number of nitrogens with one attached hydrogen (secondary N) is 1. The van der Waals surface area contributed by atoms with Crippen LogP contribution in [0.4, 0.5) is 8.78 Å². The Morgan fingerprint density at radius 3 is 2.51 bits per heavy atom. The number of carbonyl (C=O) groups is 2. The van der Waals surface area contributed by atoms with Crippen LogP contribution in [-0.2, 0) is 11.2 Å². The molecule has 1 saturated carbocycles. The number of aryl methyl sites for hydroxylation is 1. The van der Waals surface area contributed by atoms with Gasteiger partial charge in [-0.15, -0.1) is 12.4 Å². The minimum Gasteiger partial charge on any atom is -0.481 e. The van der Waals surface area contributed by atoms with E-state index in [1.54, 1.807) is 0 Å². The number of halogens is 3. The molecule has 1 aromatic heterocycles. The second-order valence-electron chi connectivity index (χ2n) is 10.1. The van der Waals surface area contributed by atoms with E-state index >= 15 is 0 Å². The van der Waals surface area contributed by atoms with E-state index in [2.05, 4.69) is 24.4 Å². The number of piperidine rings is 1. The molecular weight excluding hydrogens is 502 g/mol. The quantitative estimate of drug-likeness (QED) is 0.426. The monoisotopic (exact) mass is 538 g/mol. The van der Waals surface area contributed by atoms with Gasteiger partial charge in [-0.05, 0) is 37.3 Å². The molecule has 0 bridgehead atoms. The fourth-order valence-electron chi connectivity index (χ4n) is 5.35. The van der Waals surface area contributed by atoms with Crippen LogP contribution in [0.15, 0.2) is 30.3 Å². The molecule has 1 aliphatic heterocycles. The van der Waals surface area contributed by atoms with E-state index in [1.807, 2.05) is 27.8 Å². The third-order valence-electron chi connectivity index (χ3n) is 7.45. The molecule has 2 N–H and O–H groups in total. The van der Waals surface area contributed by atoms with Gasteiger partial charge in [0.25, 0.3) is 11.8 Å². The van der Waals surface area contributed by atoms with E-state index in [1.165, 1.54) is 5.56 Å². The number of aliphatic carboxylic acids is 1. The van der Waals surface area contributed by atoms with Crippen molar-refractivity contribution in [1.82, 2.24) is 20.0 Å². The minimum absolute atomic E-state index is 0. The van der Waals surface area contributed by atoms with Gasteiger partial charge in [0.05, 0.1) is 18.2 Å². The highest BCUT2D eigenvalue weighted by Crippen LogP contribution is 2.35. The maximum Gasteiger partial charge on any atom is 0.305 e. The average molecular weight is 539 g/mol. The summed E-state index contributed by atoms with van der Waals surface area (Å²) in [6.45, 7) is 3.10. The second-order valence-corrected chi connectivity index (χ2v) is 10.1. The van der Waals surface area contributed by atoms with Crippen LogP contribution in [0.25, 0.3) is 11.3 Å². The maximum absolute atomic E-state index is 13.5. The normalized spacial score (nSPS) is 18.8. The fraction of sp³-hybridized carbons (Fsp3) is 0.593. The first kappa shape index (κ1) is 29.0. The van der Waals surface area contributed by atoms with Crippen molar-refractivity contribution in [3.8, 4) is 11.3 Å². The van der Waals surface area contributed by atoms with E-state index in [4.69, 9.17) is 5.10 Å². The minimum atomic E-state index is -2.63. The van der Waals surface area contributed by atoms with E-state index < -0.39 is 23.8 Å². The molecule has 1 atom stereocenters. The first-order valence-corrected chi connectivity index (χ1v) is 13.1. The highest BCUT2D eigenvalue weighted by atomic mass is 35.5. The van der Waals surface area contributed by atoms with Gasteiger partial charge in [-0.1, -0.05) is 44.0 Å². The molecule has 7 nitrogen and oxygen atoms in total. The summed E-state index contributed by atoms with van der Waals surface area (Å²) in [7, 11) is 0. The van der Waals surface area contributed by atoms with Crippen LogP contribution in [0.1, 0.15) is 80.4 Å². The SMILES string of the molecule is CCc1ccccc1-c1cc(C(=O)N[C@@H](CCN2CCC(F)(F)CC2)CC(=O)O)nn1C1CCCC1.Cl. The number of alkyl halides is 2. The van der Waals surface area contributed by atoms with Gasteiger partial charge in [0.1, 0.15) is 0 Å². The lowest BCUT2D eigenvalue weighted by molar-refractivity contribution is -0.137. The molecular formula is C27H37ClF2N4O3. The van der Waals surface area contributed by atoms with Gasteiger partial charge < -0.3 is 15.3 Å². The van der Waals surface area contributed by atoms with Gasteiger partial charge in [0.2, 0.25) is 0 Å². The Bertz CT molecular complexity index is 1060. The van der Waals surface area contributed by atoms with Crippen LogP contribution in [0.5, 0.6) is 0 Å². The van der Waals surface area contributed by atoms with Crippen molar-refractivity contribution in [1.29, 1.82) is 0 Å². The van der Waals surface area contributed by atoms with Crippen molar-refractivity contribution in [2.45, 2.75) is 82.7 Å². The Balaban J connectivity index is 0.00000380. The first-order chi connectivity index (χ1) is 17.3. The number of hydrogen-bond donors (Lipinski definition) is 2. The molecule has 1 aromatic carbocycles. The number of amides is 1. The number of nitrogens with zero attached hydrogens (tertiary/aromatic N) is 3. The molecule has 1 amide bonds. The van der Waals surface area contributed by atoms with Crippen LogP contribution in [0.2, 0.25) is 0 Å². The van der Waals surface area contributed by atoms with Crippen LogP contribution in [-0.4, -0.2) is 63.3 Å². The predicted molar refractivity (Wildman–Crippen MR) is 141 cm³/mol. The summed E-state index contributed by atoms with van der Waals surface area (Å²) in [6.07, 6.45) is 4.90. The van der Waals surface area contributed by atoms with Gasteiger partial charge in [0.15, 0.2) is 5.69 Å². The van der Waals surface area contributed by atoms with Crippen molar-refractivity contribution in [3.05, 3.63) is 41.6 Å². The third-order valence-corrected chi connectivity index (χ3v) is 7.45. The van der Waals surface area contributed by atoms with Crippen LogP contribution < -0.4 is 5.32 Å². The standard InChI is InChI=1S/C27H36F2N4O3.ClH/c1-2-19-7-3-6-10-22(19)24-18-23(31-33(24)21-8-4-5-9-21)26(36)30-20(17-25(34)35)11-14-32-15-12-27(28,29)13-16-32;/h3,6-7,10,18,20-21H,2,4-5,8-9,11-17H2,1H3,(H,30,36)(H,34,35);1H/t20-;/m0./s1. The molecule has 10 heteroatoms. The summed E-state index contributed by atoms with van der Waals surface area (Å²) in [6, 6.07) is 9.57. The van der Waals surface area contributed by atoms with Gasteiger partial charge in [-0.25, -0.2) is 8.78 Å². The molecule has 2 heterocycles. The highest BCUT2D eigenvalue weighted by Gasteiger charge is 2.34. The summed E-state index contributed by atoms with van der Waals surface area (Å²) in [5.41, 5.74) is 3.42. The zero-order valence-electron chi connectivity index (χ0n) is 21.3. The number of carbonyl (C=O) groups excluding carboxylic acids is 1. The Hall–Kier alpha value is -2.52. The molecule has 204 valence electrons.